The molecule has 0 aliphatic heterocycles. The van der Waals surface area contributed by atoms with Gasteiger partial charge in [0.2, 0.25) is 17.7 Å². The fourth-order valence-electron chi connectivity index (χ4n) is 2.39. The highest BCUT2D eigenvalue weighted by Crippen LogP contribution is 2.30. The van der Waals surface area contributed by atoms with Crippen LogP contribution in [-0.4, -0.2) is 54.1 Å². The Hall–Kier alpha value is -3.59. The number of amides is 1. The van der Waals surface area contributed by atoms with Crippen LogP contribution in [0.1, 0.15) is 18.1 Å². The average Bonchev–Trinajstić information content (AvgIpc) is 2.67. The molecule has 0 fully saturated rings. The second-order valence-electron chi connectivity index (χ2n) is 6.81. The zero-order valence-corrected chi connectivity index (χ0v) is 17.1. The molecule has 0 saturated heterocycles. The molecule has 0 aliphatic rings. The third-order valence-corrected chi connectivity index (χ3v) is 3.99. The molecule has 0 unspecified atom stereocenters. The van der Waals surface area contributed by atoms with Gasteiger partial charge in [-0.15, -0.1) is 0 Å². The quantitative estimate of drug-likeness (QED) is 0.574. The van der Waals surface area contributed by atoms with E-state index in [1.165, 1.54) is 19.1 Å². The van der Waals surface area contributed by atoms with Crippen molar-refractivity contribution in [2.24, 2.45) is 0 Å². The fraction of sp³-hybridized carbons (Fsp3) is 0.368. The number of carbonyl (C=O) groups is 1. The number of hydrogen-bond acceptors (Lipinski definition) is 8. The van der Waals surface area contributed by atoms with Crippen molar-refractivity contribution in [3.63, 3.8) is 0 Å². The van der Waals surface area contributed by atoms with Crippen molar-refractivity contribution in [2.75, 3.05) is 43.6 Å². The number of carbonyl (C=O) groups excluding carboxylic acids is 1. The minimum absolute atomic E-state index is 0.0242. The molecular weight excluding hydrogens is 415 g/mol. The molecule has 0 saturated carbocycles. The lowest BCUT2D eigenvalue weighted by Gasteiger charge is -2.18. The van der Waals surface area contributed by atoms with E-state index < -0.39 is 23.7 Å². The lowest BCUT2D eigenvalue weighted by molar-refractivity contribution is -0.137. The molecule has 2 rings (SSSR count). The number of benzene rings is 1. The Bertz CT molecular complexity index is 974. The zero-order chi connectivity index (χ0) is 23.2. The molecule has 0 bridgehead atoms. The summed E-state index contributed by atoms with van der Waals surface area (Å²) in [5, 5.41) is 14.6. The number of nitrogens with zero attached hydrogens (tertiary/aromatic N) is 4. The average molecular weight is 437 g/mol. The molecular formula is C19H22F3N7O2. The molecule has 1 aromatic heterocycles. The predicted octanol–water partition coefficient (Wildman–Crippen LogP) is 2.33. The number of anilines is 3. The summed E-state index contributed by atoms with van der Waals surface area (Å²) in [4.78, 5) is 22.2. The monoisotopic (exact) mass is 437 g/mol. The van der Waals surface area contributed by atoms with Crippen LogP contribution >= 0.6 is 0 Å². The van der Waals surface area contributed by atoms with Crippen molar-refractivity contribution < 1.29 is 22.7 Å². The normalized spacial score (nSPS) is 12.2. The highest BCUT2D eigenvalue weighted by atomic mass is 19.4. The number of nitrogen functional groups attached to an aromatic ring is 1. The number of hydrogen-bond donors (Lipinski definition) is 3. The van der Waals surface area contributed by atoms with Crippen LogP contribution in [0.5, 0.6) is 5.88 Å². The smallest absolute Gasteiger partial charge is 0.416 e. The van der Waals surface area contributed by atoms with E-state index in [0.717, 1.165) is 12.1 Å². The van der Waals surface area contributed by atoms with E-state index in [1.807, 2.05) is 25.1 Å². The number of ether oxygens (including phenoxy) is 1. The molecule has 1 heterocycles. The standard InChI is InChI=1S/C19H22F3N7O2/c1-11(16(30)26-13-6-4-5-12(9-13)19(20,21)22)25-15-14(10-23)17(28-18(24)27-15)31-8-7-29(2)3/h4-6,9,11H,7-8H2,1-3H3,(H,26,30)(H3,24,25,27,28)/t11-/m0/s1. The van der Waals surface area contributed by atoms with Gasteiger partial charge in [-0.3, -0.25) is 4.79 Å². The van der Waals surface area contributed by atoms with Crippen molar-refractivity contribution in [3.05, 3.63) is 35.4 Å². The zero-order valence-electron chi connectivity index (χ0n) is 17.1. The highest BCUT2D eigenvalue weighted by molar-refractivity contribution is 5.96. The number of aromatic nitrogens is 2. The minimum Gasteiger partial charge on any atom is -0.475 e. The van der Waals surface area contributed by atoms with Gasteiger partial charge in [-0.05, 0) is 39.2 Å². The summed E-state index contributed by atoms with van der Waals surface area (Å²) in [6.45, 7) is 2.26. The molecule has 0 aliphatic carbocycles. The summed E-state index contributed by atoms with van der Waals surface area (Å²) in [6.07, 6.45) is -4.53. The Kier molecular flexibility index (Phi) is 7.60. The Labute approximate surface area is 177 Å². The van der Waals surface area contributed by atoms with E-state index in [9.17, 15) is 23.2 Å². The first kappa shape index (κ1) is 23.7. The maximum Gasteiger partial charge on any atom is 0.416 e. The van der Waals surface area contributed by atoms with Crippen molar-refractivity contribution >= 4 is 23.4 Å². The van der Waals surface area contributed by atoms with Gasteiger partial charge >= 0.3 is 6.18 Å². The minimum atomic E-state index is -4.53. The fourth-order valence-corrected chi connectivity index (χ4v) is 2.39. The number of halogens is 3. The lowest BCUT2D eigenvalue weighted by Crippen LogP contribution is -2.32. The van der Waals surface area contributed by atoms with Crippen molar-refractivity contribution in [3.8, 4) is 11.9 Å². The van der Waals surface area contributed by atoms with Crippen LogP contribution in [0, 0.1) is 11.3 Å². The number of rotatable bonds is 8. The molecule has 2 aromatic rings. The number of nitrogens with two attached hydrogens (primary N) is 1. The molecule has 0 spiro atoms. The SMILES string of the molecule is C[C@H](Nc1nc(N)nc(OCCN(C)C)c1C#N)C(=O)Nc1cccc(C(F)(F)F)c1. The van der Waals surface area contributed by atoms with Gasteiger partial charge in [0.1, 0.15) is 18.7 Å². The first-order chi connectivity index (χ1) is 14.5. The number of alkyl halides is 3. The van der Waals surface area contributed by atoms with E-state index in [-0.39, 0.29) is 35.5 Å². The molecule has 0 radical (unpaired) electrons. The maximum atomic E-state index is 12.8. The van der Waals surface area contributed by atoms with E-state index in [0.29, 0.717) is 6.54 Å². The molecule has 31 heavy (non-hydrogen) atoms. The van der Waals surface area contributed by atoms with Gasteiger partial charge in [0, 0.05) is 12.2 Å². The lowest BCUT2D eigenvalue weighted by atomic mass is 10.2. The summed E-state index contributed by atoms with van der Waals surface area (Å²) in [6, 6.07) is 5.19. The first-order valence-corrected chi connectivity index (χ1v) is 9.11. The Morgan fingerprint density at radius 1 is 1.35 bits per heavy atom. The third-order valence-electron chi connectivity index (χ3n) is 3.99. The second kappa shape index (κ2) is 9.94. The van der Waals surface area contributed by atoms with Crippen LogP contribution in [0.2, 0.25) is 0 Å². The van der Waals surface area contributed by atoms with E-state index in [1.54, 1.807) is 0 Å². The molecule has 1 amide bonds. The Morgan fingerprint density at radius 3 is 2.68 bits per heavy atom. The maximum absolute atomic E-state index is 12.8. The van der Waals surface area contributed by atoms with Gasteiger partial charge in [0.25, 0.3) is 0 Å². The van der Waals surface area contributed by atoms with Gasteiger partial charge in [0.15, 0.2) is 11.4 Å². The topological polar surface area (TPSA) is 129 Å². The van der Waals surface area contributed by atoms with E-state index >= 15 is 0 Å². The predicted molar refractivity (Wildman–Crippen MR) is 108 cm³/mol. The third kappa shape index (κ3) is 6.71. The van der Waals surface area contributed by atoms with Gasteiger partial charge in [0.05, 0.1) is 5.56 Å². The summed E-state index contributed by atoms with van der Waals surface area (Å²) < 4.78 is 44.0. The van der Waals surface area contributed by atoms with Crippen molar-refractivity contribution in [1.82, 2.24) is 14.9 Å². The number of nitrogens with one attached hydrogen (secondary N) is 2. The van der Waals surface area contributed by atoms with Crippen LogP contribution in [-0.2, 0) is 11.0 Å². The molecule has 166 valence electrons. The molecule has 4 N–H and O–H groups in total. The molecule has 1 aromatic carbocycles. The summed E-state index contributed by atoms with van der Waals surface area (Å²) in [7, 11) is 3.70. The summed E-state index contributed by atoms with van der Waals surface area (Å²) >= 11 is 0. The van der Waals surface area contributed by atoms with Crippen LogP contribution < -0.4 is 21.1 Å². The van der Waals surface area contributed by atoms with Crippen LogP contribution in [0.15, 0.2) is 24.3 Å². The Morgan fingerprint density at radius 2 is 2.06 bits per heavy atom. The van der Waals surface area contributed by atoms with Gasteiger partial charge < -0.3 is 26.0 Å². The van der Waals surface area contributed by atoms with E-state index in [4.69, 9.17) is 10.5 Å². The molecule has 1 atom stereocenters. The molecule has 9 nitrogen and oxygen atoms in total. The summed E-state index contributed by atoms with van der Waals surface area (Å²) in [5.74, 6) is -0.881. The van der Waals surface area contributed by atoms with Gasteiger partial charge in [-0.1, -0.05) is 6.07 Å². The van der Waals surface area contributed by atoms with Crippen LogP contribution in [0.3, 0.4) is 0 Å². The molecule has 12 heteroatoms. The van der Waals surface area contributed by atoms with Crippen molar-refractivity contribution in [1.29, 1.82) is 5.26 Å². The largest absolute Gasteiger partial charge is 0.475 e. The van der Waals surface area contributed by atoms with E-state index in [2.05, 4.69) is 20.6 Å². The number of likely N-dealkylation sites (N-methyl/N-ethyl adjacent to an activating group) is 1. The van der Waals surface area contributed by atoms with Gasteiger partial charge in [-0.2, -0.15) is 28.4 Å². The number of nitriles is 1. The van der Waals surface area contributed by atoms with Crippen LogP contribution in [0.4, 0.5) is 30.6 Å². The Balaban J connectivity index is 2.15. The summed E-state index contributed by atoms with van der Waals surface area (Å²) in [5.41, 5.74) is 4.72. The first-order valence-electron chi connectivity index (χ1n) is 9.11. The van der Waals surface area contributed by atoms with Crippen molar-refractivity contribution in [2.45, 2.75) is 19.1 Å². The van der Waals surface area contributed by atoms with Crippen LogP contribution in [0.25, 0.3) is 0 Å². The highest BCUT2D eigenvalue weighted by Gasteiger charge is 2.30. The second-order valence-corrected chi connectivity index (χ2v) is 6.81. The van der Waals surface area contributed by atoms with Gasteiger partial charge in [-0.25, -0.2) is 0 Å².